The Bertz CT molecular complexity index is 450. The molecular weight excluding hydrogens is 230 g/mol. The summed E-state index contributed by atoms with van der Waals surface area (Å²) in [5, 5.41) is 2.90. The fourth-order valence-corrected chi connectivity index (χ4v) is 1.79. The van der Waals surface area contributed by atoms with Crippen LogP contribution in [0.25, 0.3) is 0 Å². The van der Waals surface area contributed by atoms with Crippen molar-refractivity contribution < 1.29 is 4.79 Å². The molecule has 3 N–H and O–H groups in total. The van der Waals surface area contributed by atoms with Gasteiger partial charge in [-0.2, -0.15) is 0 Å². The molecule has 0 fully saturated rings. The highest BCUT2D eigenvalue weighted by atomic mass is 16.2. The van der Waals surface area contributed by atoms with Gasteiger partial charge in [0.05, 0.1) is 0 Å². The van der Waals surface area contributed by atoms with Gasteiger partial charge < -0.3 is 15.6 Å². The first kappa shape index (κ1) is 14.4. The zero-order valence-electron chi connectivity index (χ0n) is 11.0. The molecule has 1 heterocycles. The molecule has 1 amide bonds. The van der Waals surface area contributed by atoms with Crippen molar-refractivity contribution in [1.29, 1.82) is 0 Å². The first-order valence-electron chi connectivity index (χ1n) is 6.30. The number of nitrogens with two attached hydrogens (primary N) is 1. The van der Waals surface area contributed by atoms with E-state index in [-0.39, 0.29) is 30.6 Å². The van der Waals surface area contributed by atoms with Crippen LogP contribution >= 0.6 is 0 Å². The summed E-state index contributed by atoms with van der Waals surface area (Å²) < 4.78 is 1.39. The lowest BCUT2D eigenvalue weighted by molar-refractivity contribution is -0.122. The van der Waals surface area contributed by atoms with E-state index in [2.05, 4.69) is 5.32 Å². The van der Waals surface area contributed by atoms with Crippen molar-refractivity contribution in [1.82, 2.24) is 9.88 Å². The summed E-state index contributed by atoms with van der Waals surface area (Å²) >= 11 is 0. The zero-order valence-corrected chi connectivity index (χ0v) is 11.0. The number of rotatable bonds is 6. The minimum Gasteiger partial charge on any atom is -0.352 e. The number of nitrogens with zero attached hydrogens (tertiary/aromatic N) is 1. The molecule has 18 heavy (non-hydrogen) atoms. The second-order valence-corrected chi connectivity index (χ2v) is 4.25. The van der Waals surface area contributed by atoms with Gasteiger partial charge in [-0.1, -0.05) is 19.9 Å². The third-order valence-corrected chi connectivity index (χ3v) is 2.98. The summed E-state index contributed by atoms with van der Waals surface area (Å²) in [5.74, 6) is -0.139. The van der Waals surface area contributed by atoms with Crippen LogP contribution in [0.15, 0.2) is 23.1 Å². The molecule has 0 bridgehead atoms. The predicted molar refractivity (Wildman–Crippen MR) is 71.1 cm³/mol. The van der Waals surface area contributed by atoms with Crippen molar-refractivity contribution in [2.45, 2.75) is 45.8 Å². The normalized spacial score (nSPS) is 10.7. The fraction of sp³-hybridized carbons (Fsp3) is 0.538. The van der Waals surface area contributed by atoms with Crippen LogP contribution in [0.1, 0.15) is 32.3 Å². The van der Waals surface area contributed by atoms with Gasteiger partial charge in [-0.05, 0) is 18.9 Å². The lowest BCUT2D eigenvalue weighted by atomic mass is 10.2. The first-order valence-corrected chi connectivity index (χ1v) is 6.30. The Labute approximate surface area is 107 Å². The van der Waals surface area contributed by atoms with Gasteiger partial charge in [-0.15, -0.1) is 0 Å². The van der Waals surface area contributed by atoms with Gasteiger partial charge in [-0.3, -0.25) is 9.59 Å². The number of hydrogen-bond acceptors (Lipinski definition) is 3. The zero-order chi connectivity index (χ0) is 13.5. The maximum Gasteiger partial charge on any atom is 0.255 e. The van der Waals surface area contributed by atoms with Crippen LogP contribution in [0.2, 0.25) is 0 Å². The molecule has 0 radical (unpaired) electrons. The van der Waals surface area contributed by atoms with Crippen molar-refractivity contribution in [2.24, 2.45) is 5.73 Å². The smallest absolute Gasteiger partial charge is 0.255 e. The molecule has 1 aromatic heterocycles. The molecule has 1 rings (SSSR count). The lowest BCUT2D eigenvalue weighted by Gasteiger charge is -2.15. The molecule has 0 aromatic carbocycles. The van der Waals surface area contributed by atoms with Crippen LogP contribution in [-0.2, 0) is 17.9 Å². The van der Waals surface area contributed by atoms with E-state index >= 15 is 0 Å². The highest BCUT2D eigenvalue weighted by Crippen LogP contribution is 1.96. The third-order valence-electron chi connectivity index (χ3n) is 2.98. The Morgan fingerprint density at radius 2 is 2.11 bits per heavy atom. The van der Waals surface area contributed by atoms with Gasteiger partial charge >= 0.3 is 0 Å². The molecule has 0 aliphatic carbocycles. The Morgan fingerprint density at radius 3 is 2.67 bits per heavy atom. The minimum absolute atomic E-state index is 0.0448. The molecule has 0 aliphatic rings. The second-order valence-electron chi connectivity index (χ2n) is 4.25. The van der Waals surface area contributed by atoms with Gasteiger partial charge in [0.25, 0.3) is 5.56 Å². The van der Waals surface area contributed by atoms with Crippen LogP contribution in [0.3, 0.4) is 0 Å². The molecule has 1 aromatic rings. The van der Waals surface area contributed by atoms with Crippen molar-refractivity contribution in [3.05, 3.63) is 34.2 Å². The molecular formula is C13H21N3O2. The number of pyridine rings is 1. The van der Waals surface area contributed by atoms with Crippen molar-refractivity contribution in [2.75, 3.05) is 0 Å². The van der Waals surface area contributed by atoms with E-state index in [0.717, 1.165) is 12.8 Å². The molecule has 0 spiro atoms. The molecule has 5 heteroatoms. The average molecular weight is 251 g/mol. The van der Waals surface area contributed by atoms with Crippen molar-refractivity contribution in [3.8, 4) is 0 Å². The van der Waals surface area contributed by atoms with E-state index in [0.29, 0.717) is 5.56 Å². The first-order chi connectivity index (χ1) is 8.62. The number of aromatic nitrogens is 1. The average Bonchev–Trinajstić information content (AvgIpc) is 2.38. The molecule has 0 saturated carbocycles. The van der Waals surface area contributed by atoms with Gasteiger partial charge in [-0.25, -0.2) is 0 Å². The second kappa shape index (κ2) is 6.96. The quantitative estimate of drug-likeness (QED) is 0.777. The van der Waals surface area contributed by atoms with E-state index in [1.54, 1.807) is 18.3 Å². The van der Waals surface area contributed by atoms with E-state index in [9.17, 15) is 9.59 Å². The summed E-state index contributed by atoms with van der Waals surface area (Å²) in [6.45, 7) is 4.28. The van der Waals surface area contributed by atoms with E-state index in [4.69, 9.17) is 5.73 Å². The standard InChI is InChI=1S/C13H21N3O2/c1-3-11(4-2)15-12(17)9-16-7-5-6-10(8-14)13(16)18/h5-7,11H,3-4,8-9,14H2,1-2H3,(H,15,17). The van der Waals surface area contributed by atoms with Crippen molar-refractivity contribution in [3.63, 3.8) is 0 Å². The number of carbonyl (C=O) groups excluding carboxylic acids is 1. The summed E-state index contributed by atoms with van der Waals surface area (Å²) in [6, 6.07) is 3.58. The number of hydrogen-bond donors (Lipinski definition) is 2. The summed E-state index contributed by atoms with van der Waals surface area (Å²) in [4.78, 5) is 23.7. The highest BCUT2D eigenvalue weighted by molar-refractivity contribution is 5.76. The molecule has 0 unspecified atom stereocenters. The summed E-state index contributed by atoms with van der Waals surface area (Å²) in [5.41, 5.74) is 5.79. The maximum absolute atomic E-state index is 11.9. The lowest BCUT2D eigenvalue weighted by Crippen LogP contribution is -2.38. The monoisotopic (exact) mass is 251 g/mol. The van der Waals surface area contributed by atoms with Crippen LogP contribution < -0.4 is 16.6 Å². The third kappa shape index (κ3) is 3.70. The topological polar surface area (TPSA) is 77.1 Å². The predicted octanol–water partition coefficient (Wildman–Crippen LogP) is 0.612. The Hall–Kier alpha value is -1.62. The van der Waals surface area contributed by atoms with E-state index < -0.39 is 0 Å². The summed E-state index contributed by atoms with van der Waals surface area (Å²) in [7, 11) is 0. The van der Waals surface area contributed by atoms with Gasteiger partial charge in [0.2, 0.25) is 5.91 Å². The van der Waals surface area contributed by atoms with Crippen LogP contribution in [0.4, 0.5) is 0 Å². The minimum atomic E-state index is -0.195. The van der Waals surface area contributed by atoms with Crippen LogP contribution in [0, 0.1) is 0 Å². The summed E-state index contributed by atoms with van der Waals surface area (Å²) in [6.07, 6.45) is 3.38. The maximum atomic E-state index is 11.9. The van der Waals surface area contributed by atoms with Gasteiger partial charge in [0.1, 0.15) is 6.54 Å². The van der Waals surface area contributed by atoms with Gasteiger partial charge in [0.15, 0.2) is 0 Å². The Balaban J connectivity index is 2.73. The molecule has 0 saturated heterocycles. The number of carbonyl (C=O) groups is 1. The van der Waals surface area contributed by atoms with Crippen LogP contribution in [-0.4, -0.2) is 16.5 Å². The molecule has 0 atom stereocenters. The fourth-order valence-electron chi connectivity index (χ4n) is 1.79. The van der Waals surface area contributed by atoms with Crippen LogP contribution in [0.5, 0.6) is 0 Å². The SMILES string of the molecule is CCC(CC)NC(=O)Cn1cccc(CN)c1=O. The van der Waals surface area contributed by atoms with E-state index in [1.807, 2.05) is 13.8 Å². The molecule has 100 valence electrons. The Kier molecular flexibility index (Phi) is 5.58. The Morgan fingerprint density at radius 1 is 1.44 bits per heavy atom. The van der Waals surface area contributed by atoms with Gasteiger partial charge in [0, 0.05) is 24.3 Å². The number of amides is 1. The number of nitrogens with one attached hydrogen (secondary N) is 1. The molecule has 0 aliphatic heterocycles. The molecule has 5 nitrogen and oxygen atoms in total. The van der Waals surface area contributed by atoms with E-state index in [1.165, 1.54) is 4.57 Å². The highest BCUT2D eigenvalue weighted by Gasteiger charge is 2.10. The largest absolute Gasteiger partial charge is 0.352 e. The van der Waals surface area contributed by atoms with Crippen molar-refractivity contribution >= 4 is 5.91 Å².